The zero-order valence-corrected chi connectivity index (χ0v) is 13.0. The zero-order valence-electron chi connectivity index (χ0n) is 13.0. The number of hydrogen-bond acceptors (Lipinski definition) is 3. The third-order valence-electron chi connectivity index (χ3n) is 4.58. The summed E-state index contributed by atoms with van der Waals surface area (Å²) in [5.41, 5.74) is 4.01. The van der Waals surface area contributed by atoms with Gasteiger partial charge in [0.15, 0.2) is 0 Å². The molecule has 21 heavy (non-hydrogen) atoms. The highest BCUT2D eigenvalue weighted by atomic mass is 15.3. The quantitative estimate of drug-likeness (QED) is 0.865. The fourth-order valence-electron chi connectivity index (χ4n) is 3.25. The van der Waals surface area contributed by atoms with Gasteiger partial charge in [0, 0.05) is 43.8 Å². The number of hydrogen-bond donors (Lipinski definition) is 0. The lowest BCUT2D eigenvalue weighted by Gasteiger charge is -2.32. The van der Waals surface area contributed by atoms with Gasteiger partial charge in [-0.3, -0.25) is 14.6 Å². The summed E-state index contributed by atoms with van der Waals surface area (Å²) < 4.78 is 1.96. The first-order chi connectivity index (χ1) is 10.2. The second-order valence-corrected chi connectivity index (χ2v) is 6.19. The Hall–Kier alpha value is -1.68. The van der Waals surface area contributed by atoms with E-state index in [1.54, 1.807) is 0 Å². The topological polar surface area (TPSA) is 34.0 Å². The Balaban J connectivity index is 1.59. The molecule has 0 spiro atoms. The first kappa shape index (κ1) is 14.3. The largest absolute Gasteiger partial charge is 0.299 e. The molecule has 1 aliphatic heterocycles. The fraction of sp³-hybridized carbons (Fsp3) is 0.529. The fourth-order valence-corrected chi connectivity index (χ4v) is 3.25. The van der Waals surface area contributed by atoms with Crippen LogP contribution in [0.15, 0.2) is 30.7 Å². The van der Waals surface area contributed by atoms with Crippen LogP contribution in [-0.2, 0) is 20.0 Å². The molecule has 1 unspecified atom stereocenters. The van der Waals surface area contributed by atoms with Gasteiger partial charge < -0.3 is 0 Å². The molecule has 4 nitrogen and oxygen atoms in total. The SMILES string of the molecule is Cc1c(CN2CCCC(Cc3cccnc3)C2)cnn1C. The predicted molar refractivity (Wildman–Crippen MR) is 83.9 cm³/mol. The van der Waals surface area contributed by atoms with Crippen LogP contribution in [0, 0.1) is 12.8 Å². The smallest absolute Gasteiger partial charge is 0.0537 e. The molecule has 2 aromatic rings. The highest BCUT2D eigenvalue weighted by Gasteiger charge is 2.21. The van der Waals surface area contributed by atoms with Crippen molar-refractivity contribution in [3.63, 3.8) is 0 Å². The summed E-state index contributed by atoms with van der Waals surface area (Å²) >= 11 is 0. The standard InChI is InChI=1S/C17H24N4/c1-14-17(11-19-20(14)2)13-21-8-4-6-16(12-21)9-15-5-3-7-18-10-15/h3,5,7,10-11,16H,4,6,8-9,12-13H2,1-2H3. The van der Waals surface area contributed by atoms with Gasteiger partial charge in [-0.2, -0.15) is 5.10 Å². The summed E-state index contributed by atoms with van der Waals surface area (Å²) in [6, 6.07) is 4.23. The number of pyridine rings is 1. The lowest BCUT2D eigenvalue weighted by molar-refractivity contribution is 0.166. The van der Waals surface area contributed by atoms with E-state index >= 15 is 0 Å². The summed E-state index contributed by atoms with van der Waals surface area (Å²) in [6.45, 7) is 5.57. The molecular weight excluding hydrogens is 260 g/mol. The van der Waals surface area contributed by atoms with Crippen LogP contribution in [-0.4, -0.2) is 32.8 Å². The molecule has 0 amide bonds. The minimum Gasteiger partial charge on any atom is -0.299 e. The molecule has 2 aromatic heterocycles. The molecule has 4 heteroatoms. The molecule has 0 radical (unpaired) electrons. The lowest BCUT2D eigenvalue weighted by Crippen LogP contribution is -2.35. The molecule has 1 saturated heterocycles. The van der Waals surface area contributed by atoms with E-state index in [1.165, 1.54) is 42.8 Å². The number of likely N-dealkylation sites (tertiary alicyclic amines) is 1. The van der Waals surface area contributed by atoms with Gasteiger partial charge in [0.25, 0.3) is 0 Å². The van der Waals surface area contributed by atoms with E-state index in [0.717, 1.165) is 18.9 Å². The van der Waals surface area contributed by atoms with Crippen molar-refractivity contribution in [3.8, 4) is 0 Å². The van der Waals surface area contributed by atoms with E-state index in [2.05, 4.69) is 28.0 Å². The molecule has 0 saturated carbocycles. The van der Waals surface area contributed by atoms with Crippen LogP contribution < -0.4 is 0 Å². The molecule has 0 aliphatic carbocycles. The Morgan fingerprint density at radius 1 is 1.33 bits per heavy atom. The highest BCUT2D eigenvalue weighted by Crippen LogP contribution is 2.22. The third kappa shape index (κ3) is 3.50. The Morgan fingerprint density at radius 2 is 2.24 bits per heavy atom. The van der Waals surface area contributed by atoms with Gasteiger partial charge in [-0.25, -0.2) is 0 Å². The van der Waals surface area contributed by atoms with Crippen molar-refractivity contribution >= 4 is 0 Å². The van der Waals surface area contributed by atoms with Gasteiger partial charge in [0.1, 0.15) is 0 Å². The van der Waals surface area contributed by atoms with Crippen LogP contribution in [0.4, 0.5) is 0 Å². The van der Waals surface area contributed by atoms with Gasteiger partial charge in [0.2, 0.25) is 0 Å². The number of aromatic nitrogens is 3. The maximum atomic E-state index is 4.35. The van der Waals surface area contributed by atoms with E-state index in [-0.39, 0.29) is 0 Å². The average Bonchev–Trinajstić information content (AvgIpc) is 2.81. The van der Waals surface area contributed by atoms with E-state index < -0.39 is 0 Å². The predicted octanol–water partition coefficient (Wildman–Crippen LogP) is 2.58. The Morgan fingerprint density at radius 3 is 2.95 bits per heavy atom. The number of piperidine rings is 1. The number of nitrogens with zero attached hydrogens (tertiary/aromatic N) is 4. The van der Waals surface area contributed by atoms with Crippen LogP contribution in [0.5, 0.6) is 0 Å². The third-order valence-corrected chi connectivity index (χ3v) is 4.58. The van der Waals surface area contributed by atoms with E-state index in [1.807, 2.05) is 36.4 Å². The Kier molecular flexibility index (Phi) is 4.34. The highest BCUT2D eigenvalue weighted by molar-refractivity contribution is 5.16. The molecule has 0 bridgehead atoms. The molecule has 3 rings (SSSR count). The second kappa shape index (κ2) is 6.39. The molecule has 0 N–H and O–H groups in total. The first-order valence-electron chi connectivity index (χ1n) is 7.81. The van der Waals surface area contributed by atoms with Crippen LogP contribution in [0.25, 0.3) is 0 Å². The molecule has 3 heterocycles. The minimum absolute atomic E-state index is 0.750. The van der Waals surface area contributed by atoms with Crippen LogP contribution >= 0.6 is 0 Å². The summed E-state index contributed by atoms with van der Waals surface area (Å²) in [4.78, 5) is 6.80. The number of aryl methyl sites for hydroxylation is 1. The van der Waals surface area contributed by atoms with Crippen molar-refractivity contribution in [2.45, 2.75) is 32.7 Å². The zero-order chi connectivity index (χ0) is 14.7. The maximum absolute atomic E-state index is 4.35. The molecule has 1 aliphatic rings. The van der Waals surface area contributed by atoms with Crippen molar-refractivity contribution in [1.82, 2.24) is 19.7 Å². The van der Waals surface area contributed by atoms with Gasteiger partial charge in [0.05, 0.1) is 6.20 Å². The van der Waals surface area contributed by atoms with E-state index in [0.29, 0.717) is 0 Å². The lowest BCUT2D eigenvalue weighted by atomic mass is 9.91. The van der Waals surface area contributed by atoms with Gasteiger partial charge >= 0.3 is 0 Å². The molecular formula is C17H24N4. The average molecular weight is 284 g/mol. The Bertz CT molecular complexity index is 576. The summed E-state index contributed by atoms with van der Waals surface area (Å²) in [6.07, 6.45) is 9.64. The van der Waals surface area contributed by atoms with E-state index in [4.69, 9.17) is 0 Å². The summed E-state index contributed by atoms with van der Waals surface area (Å²) in [7, 11) is 2.01. The molecule has 112 valence electrons. The van der Waals surface area contributed by atoms with Crippen LogP contribution in [0.1, 0.15) is 29.7 Å². The van der Waals surface area contributed by atoms with Crippen molar-refractivity contribution in [1.29, 1.82) is 0 Å². The monoisotopic (exact) mass is 284 g/mol. The first-order valence-corrected chi connectivity index (χ1v) is 7.81. The van der Waals surface area contributed by atoms with Gasteiger partial charge in [-0.15, -0.1) is 0 Å². The van der Waals surface area contributed by atoms with Gasteiger partial charge in [-0.05, 0) is 50.3 Å². The second-order valence-electron chi connectivity index (χ2n) is 6.19. The molecule has 0 aromatic carbocycles. The summed E-state index contributed by atoms with van der Waals surface area (Å²) in [5.74, 6) is 0.750. The molecule has 1 atom stereocenters. The van der Waals surface area contributed by atoms with Crippen molar-refractivity contribution in [3.05, 3.63) is 47.5 Å². The Labute approximate surface area is 126 Å². The minimum atomic E-state index is 0.750. The van der Waals surface area contributed by atoms with Crippen LogP contribution in [0.2, 0.25) is 0 Å². The van der Waals surface area contributed by atoms with E-state index in [9.17, 15) is 0 Å². The van der Waals surface area contributed by atoms with Crippen LogP contribution in [0.3, 0.4) is 0 Å². The van der Waals surface area contributed by atoms with Crippen molar-refractivity contribution in [2.75, 3.05) is 13.1 Å². The maximum Gasteiger partial charge on any atom is 0.0537 e. The summed E-state index contributed by atoms with van der Waals surface area (Å²) in [5, 5.41) is 4.35. The van der Waals surface area contributed by atoms with Crippen molar-refractivity contribution in [2.24, 2.45) is 13.0 Å². The normalized spacial score (nSPS) is 19.8. The molecule has 1 fully saturated rings. The van der Waals surface area contributed by atoms with Gasteiger partial charge in [-0.1, -0.05) is 6.07 Å². The van der Waals surface area contributed by atoms with Crippen molar-refractivity contribution < 1.29 is 0 Å². The number of rotatable bonds is 4.